The lowest BCUT2D eigenvalue weighted by Gasteiger charge is -2.19. The molecule has 0 spiro atoms. The molecule has 0 atom stereocenters. The molecule has 0 amide bonds. The lowest BCUT2D eigenvalue weighted by molar-refractivity contribution is 0.483. The fourth-order valence-corrected chi connectivity index (χ4v) is 10.8. The van der Waals surface area contributed by atoms with Gasteiger partial charge in [-0.3, -0.25) is 0 Å². The van der Waals surface area contributed by atoms with Gasteiger partial charge in [-0.15, -0.1) is 0 Å². The van der Waals surface area contributed by atoms with Crippen molar-refractivity contribution in [1.29, 1.82) is 0 Å². The van der Waals surface area contributed by atoms with Crippen molar-refractivity contribution in [2.75, 3.05) is 0 Å². The summed E-state index contributed by atoms with van der Waals surface area (Å²) in [4.78, 5) is 39.7. The fraction of sp³-hybridized carbons (Fsp3) is 0.222. The minimum Gasteiger partial charge on any atom is -0.457 e. The second-order valence-corrected chi connectivity index (χ2v) is 25.8. The zero-order chi connectivity index (χ0) is 58.5. The number of ether oxygens (including phenoxy) is 4. The van der Waals surface area contributed by atoms with E-state index in [9.17, 15) is 0 Å². The first-order chi connectivity index (χ1) is 40.1. The summed E-state index contributed by atoms with van der Waals surface area (Å²) in [6.07, 6.45) is 0. The van der Waals surface area contributed by atoms with Gasteiger partial charge in [-0.1, -0.05) is 180 Å². The number of nitrogens with one attached hydrogen (secondary N) is 2. The van der Waals surface area contributed by atoms with E-state index in [-0.39, 0.29) is 21.7 Å². The quantitative estimate of drug-likeness (QED) is 0.151. The van der Waals surface area contributed by atoms with Gasteiger partial charge >= 0.3 is 0 Å². The summed E-state index contributed by atoms with van der Waals surface area (Å²) in [5.74, 6) is 6.49. The molecule has 8 bridgehead atoms. The summed E-state index contributed by atoms with van der Waals surface area (Å²) in [6.45, 7) is 26.4. The molecule has 12 heteroatoms. The molecular weight excluding hydrogens is 1040 g/mol. The van der Waals surface area contributed by atoms with E-state index in [4.69, 9.17) is 48.9 Å². The van der Waals surface area contributed by atoms with Crippen molar-refractivity contribution in [3.63, 3.8) is 0 Å². The number of H-pyrrole nitrogens is 2. The normalized spacial score (nSPS) is 12.5. The van der Waals surface area contributed by atoms with Crippen LogP contribution in [-0.2, 0) is 21.7 Å². The molecule has 0 saturated heterocycles. The van der Waals surface area contributed by atoms with Crippen molar-refractivity contribution < 1.29 is 18.9 Å². The summed E-state index contributed by atoms with van der Waals surface area (Å²) >= 11 is 0. The summed E-state index contributed by atoms with van der Waals surface area (Å²) < 4.78 is 27.4. The number of rotatable bonds is 8. The molecule has 11 aromatic rings. The maximum absolute atomic E-state index is 6.86. The van der Waals surface area contributed by atoms with Gasteiger partial charge in [0, 0.05) is 21.9 Å². The highest BCUT2D eigenvalue weighted by Crippen LogP contribution is 2.47. The number of nitrogens with zero attached hydrogens (tertiary/aromatic N) is 6. The fourth-order valence-electron chi connectivity index (χ4n) is 10.8. The number of hydrogen-bond donors (Lipinski definition) is 2. The van der Waals surface area contributed by atoms with Gasteiger partial charge in [0.05, 0.1) is 21.9 Å². The summed E-state index contributed by atoms with van der Waals surface area (Å²) in [7, 11) is 0. The molecule has 3 aromatic heterocycles. The first kappa shape index (κ1) is 53.6. The van der Waals surface area contributed by atoms with Crippen LogP contribution >= 0.6 is 0 Å². The van der Waals surface area contributed by atoms with Crippen LogP contribution in [0.5, 0.6) is 46.0 Å². The molecule has 2 aliphatic heterocycles. The van der Waals surface area contributed by atoms with E-state index in [2.05, 4.69) is 142 Å². The lowest BCUT2D eigenvalue weighted by Crippen LogP contribution is -2.10. The SMILES string of the molecule is CC(C)(C)c1ccc(Oc2cccc3c2-c2nc-3nc3[nH]c(nc4nc(nc5[nH]c(n2)c2cccc(Oc6ccc(C(C)(C)C)cc6)c52)-c2c(Oc5ccc(C(C)(C)C)cc5)cccc2-4)c2cccc(Oc4ccc(C(C)(C)C)cc4)c32)cc1. The molecular formula is C72H66N8O4. The number of aromatic nitrogens is 8. The van der Waals surface area contributed by atoms with E-state index in [1.807, 2.05) is 121 Å². The molecule has 84 heavy (non-hydrogen) atoms. The van der Waals surface area contributed by atoms with Crippen LogP contribution in [-0.4, -0.2) is 39.9 Å². The zero-order valence-electron chi connectivity index (χ0n) is 49.5. The molecule has 8 aromatic carbocycles. The van der Waals surface area contributed by atoms with E-state index in [0.29, 0.717) is 114 Å². The molecule has 418 valence electrons. The highest BCUT2D eigenvalue weighted by atomic mass is 16.5. The summed E-state index contributed by atoms with van der Waals surface area (Å²) in [5, 5.41) is 2.87. The Bertz CT molecular complexity index is 4560. The lowest BCUT2D eigenvalue weighted by atomic mass is 9.87. The van der Waals surface area contributed by atoms with Gasteiger partial charge in [0.2, 0.25) is 0 Å². The predicted molar refractivity (Wildman–Crippen MR) is 337 cm³/mol. The van der Waals surface area contributed by atoms with Gasteiger partial charge in [0.25, 0.3) is 0 Å². The number of aromatic amines is 2. The third-order valence-electron chi connectivity index (χ3n) is 15.6. The molecule has 12 nitrogen and oxygen atoms in total. The molecule has 0 unspecified atom stereocenters. The van der Waals surface area contributed by atoms with E-state index in [0.717, 1.165) is 21.9 Å². The van der Waals surface area contributed by atoms with Gasteiger partial charge in [-0.2, -0.15) is 0 Å². The van der Waals surface area contributed by atoms with Crippen LogP contribution in [0.4, 0.5) is 0 Å². The standard InChI is InChI=1S/C72H66N8O4/c1-69(2,3)41-25-33-45(34-26-41)81-53-21-13-17-49-57(53)65-74-61(49)73-62-50-18-14-23-55(83-47-37-29-43(30-38-47)71(7,8)9)59(50)67(75-62)80-68-60-52(20-16-24-56(60)84-48-39-31-44(32-40-48)72(10,11)12)64(79-68)78-66-58-51(63(76-65)77-66)19-15-22-54(58)82-46-35-27-42(28-36-46)70(4,5)6/h13-40H,1-12H3,(H2,73,74,75,76,77,78,79,80). The molecule has 0 saturated carbocycles. The van der Waals surface area contributed by atoms with Crippen LogP contribution in [0.15, 0.2) is 170 Å². The zero-order valence-corrected chi connectivity index (χ0v) is 49.5. The summed E-state index contributed by atoms with van der Waals surface area (Å²) in [5.41, 5.74) is 9.30. The van der Waals surface area contributed by atoms with Crippen LogP contribution in [0.3, 0.4) is 0 Å². The average Bonchev–Trinajstić information content (AvgIpc) is 3.89. The summed E-state index contributed by atoms with van der Waals surface area (Å²) in [6, 6.07) is 56.5. The monoisotopic (exact) mass is 1110 g/mol. The highest BCUT2D eigenvalue weighted by molar-refractivity contribution is 6.10. The van der Waals surface area contributed by atoms with Gasteiger partial charge in [0.15, 0.2) is 23.3 Å². The Hall–Kier alpha value is -9.68. The topological polar surface area (TPSA) is 146 Å². The highest BCUT2D eigenvalue weighted by Gasteiger charge is 2.29. The van der Waals surface area contributed by atoms with E-state index in [1.165, 1.54) is 22.3 Å². The Morgan fingerprint density at radius 3 is 0.881 bits per heavy atom. The van der Waals surface area contributed by atoms with Crippen LogP contribution in [0.1, 0.15) is 105 Å². The third kappa shape index (κ3) is 10.2. The number of hydrogen-bond acceptors (Lipinski definition) is 10. The molecule has 5 heterocycles. The maximum atomic E-state index is 6.86. The van der Waals surface area contributed by atoms with Crippen molar-refractivity contribution in [3.8, 4) is 91.5 Å². The van der Waals surface area contributed by atoms with Gasteiger partial charge in [0.1, 0.15) is 68.6 Å². The Labute approximate surface area is 489 Å². The van der Waals surface area contributed by atoms with Crippen LogP contribution in [0.2, 0.25) is 0 Å². The predicted octanol–water partition coefficient (Wildman–Crippen LogP) is 19.2. The van der Waals surface area contributed by atoms with Crippen molar-refractivity contribution in [3.05, 3.63) is 192 Å². The van der Waals surface area contributed by atoms with Crippen molar-refractivity contribution >= 4 is 44.1 Å². The Balaban J connectivity index is 1.09. The molecule has 0 fully saturated rings. The van der Waals surface area contributed by atoms with Gasteiger partial charge in [-0.05, 0) is 117 Å². The van der Waals surface area contributed by atoms with Crippen LogP contribution < -0.4 is 18.9 Å². The minimum atomic E-state index is -0.0408. The molecule has 0 radical (unpaired) electrons. The Morgan fingerprint density at radius 2 is 0.548 bits per heavy atom. The first-order valence-electron chi connectivity index (χ1n) is 28.6. The van der Waals surface area contributed by atoms with E-state index in [1.54, 1.807) is 0 Å². The maximum Gasteiger partial charge on any atom is 0.168 e. The van der Waals surface area contributed by atoms with E-state index < -0.39 is 0 Å². The van der Waals surface area contributed by atoms with Crippen LogP contribution in [0.25, 0.3) is 89.7 Å². The largest absolute Gasteiger partial charge is 0.457 e. The number of fused-ring (bicyclic) bond motifs is 20. The average molecular weight is 1110 g/mol. The number of benzene rings is 8. The van der Waals surface area contributed by atoms with E-state index >= 15 is 0 Å². The second kappa shape index (κ2) is 20.0. The third-order valence-corrected chi connectivity index (χ3v) is 15.6. The molecule has 2 aliphatic rings. The Morgan fingerprint density at radius 1 is 0.274 bits per heavy atom. The second-order valence-electron chi connectivity index (χ2n) is 25.8. The smallest absolute Gasteiger partial charge is 0.168 e. The van der Waals surface area contributed by atoms with Gasteiger partial charge in [-0.25, -0.2) is 29.9 Å². The molecule has 0 aliphatic carbocycles. The van der Waals surface area contributed by atoms with Crippen molar-refractivity contribution in [2.24, 2.45) is 0 Å². The first-order valence-corrected chi connectivity index (χ1v) is 28.6. The molecule has 13 rings (SSSR count). The molecule has 2 N–H and O–H groups in total. The van der Waals surface area contributed by atoms with Gasteiger partial charge < -0.3 is 28.9 Å². The van der Waals surface area contributed by atoms with Crippen LogP contribution in [0, 0.1) is 0 Å². The van der Waals surface area contributed by atoms with Crippen molar-refractivity contribution in [1.82, 2.24) is 39.9 Å². The Kier molecular flexibility index (Phi) is 12.8. The van der Waals surface area contributed by atoms with Crippen molar-refractivity contribution in [2.45, 2.75) is 105 Å². The minimum absolute atomic E-state index is 0.0347.